The fourth-order valence-corrected chi connectivity index (χ4v) is 3.89. The molecule has 0 aromatic heterocycles. The summed E-state index contributed by atoms with van der Waals surface area (Å²) in [5, 5.41) is 0. The van der Waals surface area contributed by atoms with E-state index in [4.69, 9.17) is 5.73 Å². The predicted octanol–water partition coefficient (Wildman–Crippen LogP) is 4.67. The van der Waals surface area contributed by atoms with Crippen molar-refractivity contribution >= 4 is 11.4 Å². The molecule has 0 radical (unpaired) electrons. The van der Waals surface area contributed by atoms with Crippen molar-refractivity contribution in [2.45, 2.75) is 64.3 Å². The Labute approximate surface area is 149 Å². The molecule has 0 spiro atoms. The molecule has 1 aromatic rings. The van der Waals surface area contributed by atoms with Crippen molar-refractivity contribution < 1.29 is 4.48 Å². The molecule has 1 aliphatic rings. The summed E-state index contributed by atoms with van der Waals surface area (Å²) in [4.78, 5) is 2.52. The van der Waals surface area contributed by atoms with E-state index in [0.717, 1.165) is 11.7 Å². The highest BCUT2D eigenvalue weighted by molar-refractivity contribution is 5.53. The standard InChI is InChI=1S/C21H38N3/c1-4-5-6-7-8-9-10-17-24(2,3)21-15-16-23(18-21)20-13-11-19(22)12-14-20/h11-14,21H,4-10,15-18,22H2,1-3H3/q+1. The Hall–Kier alpha value is -1.22. The molecule has 3 nitrogen and oxygen atoms in total. The van der Waals surface area contributed by atoms with Gasteiger partial charge in [-0.05, 0) is 37.1 Å². The molecule has 1 heterocycles. The van der Waals surface area contributed by atoms with Gasteiger partial charge in [0, 0.05) is 24.3 Å². The lowest BCUT2D eigenvalue weighted by molar-refractivity contribution is -0.912. The van der Waals surface area contributed by atoms with E-state index in [1.807, 2.05) is 12.1 Å². The van der Waals surface area contributed by atoms with Gasteiger partial charge in [0.15, 0.2) is 0 Å². The van der Waals surface area contributed by atoms with Gasteiger partial charge in [-0.3, -0.25) is 0 Å². The number of rotatable bonds is 10. The maximum atomic E-state index is 5.81. The van der Waals surface area contributed by atoms with Crippen molar-refractivity contribution in [1.29, 1.82) is 0 Å². The van der Waals surface area contributed by atoms with Crippen LogP contribution in [-0.2, 0) is 0 Å². The number of hydrogen-bond acceptors (Lipinski definition) is 2. The number of nitrogen functional groups attached to an aromatic ring is 1. The van der Waals surface area contributed by atoms with E-state index in [1.54, 1.807) is 0 Å². The van der Waals surface area contributed by atoms with E-state index in [0.29, 0.717) is 0 Å². The molecule has 0 bridgehead atoms. The zero-order valence-corrected chi connectivity index (χ0v) is 16.1. The first-order valence-electron chi connectivity index (χ1n) is 9.96. The maximum absolute atomic E-state index is 5.81. The summed E-state index contributed by atoms with van der Waals surface area (Å²) in [6.07, 6.45) is 11.1. The second kappa shape index (κ2) is 9.31. The van der Waals surface area contributed by atoms with Crippen LogP contribution in [0.4, 0.5) is 11.4 Å². The first kappa shape index (κ1) is 19.1. The lowest BCUT2D eigenvalue weighted by Crippen LogP contribution is -2.50. The molecule has 1 aromatic carbocycles. The Morgan fingerprint density at radius 3 is 2.29 bits per heavy atom. The van der Waals surface area contributed by atoms with Gasteiger partial charge in [-0.1, -0.05) is 39.0 Å². The largest absolute Gasteiger partial charge is 0.399 e. The molecule has 1 unspecified atom stereocenters. The summed E-state index contributed by atoms with van der Waals surface area (Å²) in [6.45, 7) is 5.95. The molecule has 0 amide bonds. The highest BCUT2D eigenvalue weighted by atomic mass is 15.4. The molecule has 0 aliphatic carbocycles. The average Bonchev–Trinajstić information content (AvgIpc) is 3.05. The van der Waals surface area contributed by atoms with Gasteiger partial charge in [0.2, 0.25) is 0 Å². The topological polar surface area (TPSA) is 29.3 Å². The summed E-state index contributed by atoms with van der Waals surface area (Å²) in [7, 11) is 4.85. The fourth-order valence-electron chi connectivity index (χ4n) is 3.89. The SMILES string of the molecule is CCCCCCCCC[N+](C)(C)C1CCN(c2ccc(N)cc2)C1. The van der Waals surface area contributed by atoms with Crippen molar-refractivity contribution in [1.82, 2.24) is 0 Å². The third kappa shape index (κ3) is 5.70. The van der Waals surface area contributed by atoms with Gasteiger partial charge < -0.3 is 15.1 Å². The molecule has 1 saturated heterocycles. The second-order valence-corrected chi connectivity index (χ2v) is 8.10. The van der Waals surface area contributed by atoms with E-state index in [2.05, 4.69) is 38.1 Å². The lowest BCUT2D eigenvalue weighted by Gasteiger charge is -2.36. The quantitative estimate of drug-likeness (QED) is 0.383. The van der Waals surface area contributed by atoms with Crippen molar-refractivity contribution in [3.8, 4) is 0 Å². The number of benzene rings is 1. The van der Waals surface area contributed by atoms with Gasteiger partial charge >= 0.3 is 0 Å². The van der Waals surface area contributed by atoms with Crippen LogP contribution in [0.3, 0.4) is 0 Å². The lowest BCUT2D eigenvalue weighted by atomic mass is 10.1. The van der Waals surface area contributed by atoms with Gasteiger partial charge in [0.05, 0.1) is 27.2 Å². The Balaban J connectivity index is 1.71. The second-order valence-electron chi connectivity index (χ2n) is 8.10. The van der Waals surface area contributed by atoms with Crippen molar-refractivity contribution in [2.75, 3.05) is 44.4 Å². The molecule has 3 heteroatoms. The van der Waals surface area contributed by atoms with E-state index < -0.39 is 0 Å². The van der Waals surface area contributed by atoms with Crippen LogP contribution in [0.25, 0.3) is 0 Å². The number of hydrogen-bond donors (Lipinski definition) is 1. The molecular formula is C21H38N3+. The van der Waals surface area contributed by atoms with Crippen molar-refractivity contribution in [2.24, 2.45) is 0 Å². The smallest absolute Gasteiger partial charge is 0.108 e. The van der Waals surface area contributed by atoms with Gasteiger partial charge in [0.25, 0.3) is 0 Å². The molecule has 136 valence electrons. The summed E-state index contributed by atoms with van der Waals surface area (Å²) in [6, 6.07) is 9.10. The summed E-state index contributed by atoms with van der Waals surface area (Å²) in [5.74, 6) is 0. The van der Waals surface area contributed by atoms with E-state index in [1.165, 1.54) is 81.2 Å². The zero-order chi connectivity index (χ0) is 17.4. The molecule has 2 N–H and O–H groups in total. The number of anilines is 2. The Morgan fingerprint density at radius 1 is 1.00 bits per heavy atom. The van der Waals surface area contributed by atoms with Gasteiger partial charge in [0.1, 0.15) is 6.04 Å². The Bertz CT molecular complexity index is 466. The van der Waals surface area contributed by atoms with Crippen LogP contribution in [0, 0.1) is 0 Å². The molecular weight excluding hydrogens is 294 g/mol. The van der Waals surface area contributed by atoms with E-state index in [-0.39, 0.29) is 0 Å². The number of quaternary nitrogens is 1. The molecule has 24 heavy (non-hydrogen) atoms. The minimum atomic E-state index is 0.752. The number of nitrogens with two attached hydrogens (primary N) is 1. The van der Waals surface area contributed by atoms with Crippen LogP contribution in [-0.4, -0.2) is 44.3 Å². The minimum absolute atomic E-state index is 0.752. The Morgan fingerprint density at radius 2 is 1.62 bits per heavy atom. The Kier molecular flexibility index (Phi) is 7.41. The van der Waals surface area contributed by atoms with E-state index in [9.17, 15) is 0 Å². The fraction of sp³-hybridized carbons (Fsp3) is 0.714. The van der Waals surface area contributed by atoms with Gasteiger partial charge in [-0.25, -0.2) is 0 Å². The first-order chi connectivity index (χ1) is 11.5. The van der Waals surface area contributed by atoms with Crippen molar-refractivity contribution in [3.05, 3.63) is 24.3 Å². The van der Waals surface area contributed by atoms with Crippen LogP contribution in [0.1, 0.15) is 58.3 Å². The summed E-state index contributed by atoms with van der Waals surface area (Å²) in [5.41, 5.74) is 7.98. The number of likely N-dealkylation sites (N-methyl/N-ethyl adjacent to an activating group) is 1. The van der Waals surface area contributed by atoms with Crippen LogP contribution in [0.5, 0.6) is 0 Å². The van der Waals surface area contributed by atoms with Crippen molar-refractivity contribution in [3.63, 3.8) is 0 Å². The van der Waals surface area contributed by atoms with Gasteiger partial charge in [-0.2, -0.15) is 0 Å². The van der Waals surface area contributed by atoms with Crippen LogP contribution >= 0.6 is 0 Å². The van der Waals surface area contributed by atoms with Gasteiger partial charge in [-0.15, -0.1) is 0 Å². The zero-order valence-electron chi connectivity index (χ0n) is 16.1. The molecule has 0 saturated carbocycles. The summed E-state index contributed by atoms with van der Waals surface area (Å²) >= 11 is 0. The third-order valence-electron chi connectivity index (χ3n) is 5.75. The van der Waals surface area contributed by atoms with E-state index >= 15 is 0 Å². The third-order valence-corrected chi connectivity index (χ3v) is 5.75. The monoisotopic (exact) mass is 332 g/mol. The van der Waals surface area contributed by atoms with Crippen LogP contribution in [0.2, 0.25) is 0 Å². The molecule has 1 atom stereocenters. The van der Waals surface area contributed by atoms with Crippen LogP contribution < -0.4 is 10.6 Å². The highest BCUT2D eigenvalue weighted by Gasteiger charge is 2.34. The number of unbranched alkanes of at least 4 members (excludes halogenated alkanes) is 6. The average molecular weight is 333 g/mol. The molecule has 2 rings (SSSR count). The molecule has 1 fully saturated rings. The first-order valence-corrected chi connectivity index (χ1v) is 9.96. The normalized spacial score (nSPS) is 18.3. The van der Waals surface area contributed by atoms with Crippen LogP contribution in [0.15, 0.2) is 24.3 Å². The predicted molar refractivity (Wildman–Crippen MR) is 106 cm³/mol. The maximum Gasteiger partial charge on any atom is 0.108 e. The minimum Gasteiger partial charge on any atom is -0.399 e. The highest BCUT2D eigenvalue weighted by Crippen LogP contribution is 2.26. The molecule has 1 aliphatic heterocycles. The number of nitrogens with zero attached hydrogens (tertiary/aromatic N) is 2. The summed E-state index contributed by atoms with van der Waals surface area (Å²) < 4.78 is 1.17.